The Balaban J connectivity index is 2.14. The molecule has 24 heavy (non-hydrogen) atoms. The van der Waals surface area contributed by atoms with Crippen LogP contribution in [0, 0.1) is 0 Å². The number of aromatic nitrogens is 1. The molecule has 132 valence electrons. The van der Waals surface area contributed by atoms with Crippen LogP contribution in [-0.4, -0.2) is 11.1 Å². The van der Waals surface area contributed by atoms with Crippen LogP contribution >= 0.6 is 11.3 Å². The van der Waals surface area contributed by atoms with Crippen molar-refractivity contribution in [2.45, 2.75) is 72.1 Å². The van der Waals surface area contributed by atoms with Crippen molar-refractivity contribution in [1.29, 1.82) is 0 Å². The normalized spacial score (nSPS) is 11.7. The first-order valence-electron chi connectivity index (χ1n) is 8.74. The summed E-state index contributed by atoms with van der Waals surface area (Å²) in [4.78, 5) is 14.0. The number of carbonyl (C=O) groups is 1. The highest BCUT2D eigenvalue weighted by atomic mass is 32.1. The first kappa shape index (κ1) is 18.7. The molecule has 0 aliphatic rings. The Morgan fingerprint density at radius 1 is 1.29 bits per heavy atom. The van der Waals surface area contributed by atoms with E-state index in [9.17, 15) is 4.79 Å². The number of nitrogens with one attached hydrogen (secondary N) is 1. The van der Waals surface area contributed by atoms with Crippen LogP contribution < -0.4 is 5.32 Å². The number of anilines is 1. The van der Waals surface area contributed by atoms with E-state index in [1.54, 1.807) is 11.3 Å². The first-order valence-corrected chi connectivity index (χ1v) is 9.62. The summed E-state index contributed by atoms with van der Waals surface area (Å²) in [6.07, 6.45) is 5.43. The quantitative estimate of drug-likeness (QED) is 0.664. The lowest BCUT2D eigenvalue weighted by molar-refractivity contribution is 0.102. The van der Waals surface area contributed by atoms with Gasteiger partial charge < -0.3 is 4.52 Å². The van der Waals surface area contributed by atoms with Crippen molar-refractivity contribution in [3.8, 4) is 0 Å². The molecule has 0 atom stereocenters. The molecule has 0 aliphatic carbocycles. The van der Waals surface area contributed by atoms with E-state index in [1.165, 1.54) is 23.3 Å². The van der Waals surface area contributed by atoms with E-state index < -0.39 is 0 Å². The lowest BCUT2D eigenvalue weighted by Crippen LogP contribution is -2.13. The van der Waals surface area contributed by atoms with Crippen molar-refractivity contribution in [2.24, 2.45) is 0 Å². The Hall–Kier alpha value is -1.62. The van der Waals surface area contributed by atoms with Gasteiger partial charge in [0.05, 0.1) is 11.3 Å². The third-order valence-corrected chi connectivity index (χ3v) is 5.27. The second-order valence-corrected chi connectivity index (χ2v) is 8.11. The minimum atomic E-state index is -0.103. The van der Waals surface area contributed by atoms with Crippen LogP contribution in [0.25, 0.3) is 0 Å². The SMILES string of the molecule is CCCCCc1c(C(=O)Nc2cc(C(C)(C)C)no2)csc1CC. The van der Waals surface area contributed by atoms with Crippen LogP contribution in [0.2, 0.25) is 0 Å². The topological polar surface area (TPSA) is 55.1 Å². The highest BCUT2D eigenvalue weighted by Crippen LogP contribution is 2.28. The molecule has 2 aromatic heterocycles. The van der Waals surface area contributed by atoms with Crippen LogP contribution in [0.15, 0.2) is 16.0 Å². The number of nitrogens with zero attached hydrogens (tertiary/aromatic N) is 1. The van der Waals surface area contributed by atoms with Crippen molar-refractivity contribution >= 4 is 23.1 Å². The Labute approximate surface area is 148 Å². The molecule has 0 saturated heterocycles. The summed E-state index contributed by atoms with van der Waals surface area (Å²) < 4.78 is 5.28. The molecule has 2 heterocycles. The predicted molar refractivity (Wildman–Crippen MR) is 100 cm³/mol. The van der Waals surface area contributed by atoms with Crippen molar-refractivity contribution in [3.05, 3.63) is 33.1 Å². The fourth-order valence-electron chi connectivity index (χ4n) is 2.60. The van der Waals surface area contributed by atoms with Gasteiger partial charge in [-0.2, -0.15) is 0 Å². The largest absolute Gasteiger partial charge is 0.338 e. The molecule has 0 aromatic carbocycles. The molecule has 1 amide bonds. The monoisotopic (exact) mass is 348 g/mol. The minimum Gasteiger partial charge on any atom is -0.338 e. The van der Waals surface area contributed by atoms with Gasteiger partial charge in [-0.25, -0.2) is 0 Å². The molecule has 0 radical (unpaired) electrons. The maximum absolute atomic E-state index is 12.7. The molecule has 0 saturated carbocycles. The number of rotatable bonds is 7. The third-order valence-electron chi connectivity index (χ3n) is 4.09. The number of aryl methyl sites for hydroxylation is 1. The Morgan fingerprint density at radius 3 is 2.62 bits per heavy atom. The van der Waals surface area contributed by atoms with Crippen LogP contribution in [0.1, 0.15) is 80.4 Å². The summed E-state index contributed by atoms with van der Waals surface area (Å²) in [5, 5.41) is 8.88. The average Bonchev–Trinajstić information content (AvgIpc) is 3.13. The first-order chi connectivity index (χ1) is 11.4. The number of unbranched alkanes of at least 4 members (excludes halogenated alkanes) is 2. The predicted octanol–water partition coefficient (Wildman–Crippen LogP) is 5.58. The number of thiophene rings is 1. The summed E-state index contributed by atoms with van der Waals surface area (Å²) in [6.45, 7) is 10.5. The summed E-state index contributed by atoms with van der Waals surface area (Å²) in [5.41, 5.74) is 2.71. The average molecular weight is 349 g/mol. The van der Waals surface area contributed by atoms with E-state index in [4.69, 9.17) is 4.52 Å². The summed E-state index contributed by atoms with van der Waals surface area (Å²) in [5.74, 6) is 0.308. The molecular formula is C19H28N2O2S. The second kappa shape index (κ2) is 7.97. The van der Waals surface area contributed by atoms with Crippen LogP contribution in [0.5, 0.6) is 0 Å². The molecule has 4 nitrogen and oxygen atoms in total. The molecule has 0 fully saturated rings. The van der Waals surface area contributed by atoms with E-state index in [-0.39, 0.29) is 11.3 Å². The number of carbonyl (C=O) groups excluding carboxylic acids is 1. The van der Waals surface area contributed by atoms with Gasteiger partial charge in [0.15, 0.2) is 0 Å². The summed E-state index contributed by atoms with van der Waals surface area (Å²) in [7, 11) is 0. The maximum atomic E-state index is 12.7. The van der Waals surface area contributed by atoms with Gasteiger partial charge in [0.2, 0.25) is 5.88 Å². The number of amides is 1. The van der Waals surface area contributed by atoms with Crippen LogP contribution in [-0.2, 0) is 18.3 Å². The fraction of sp³-hybridized carbons (Fsp3) is 0.579. The van der Waals surface area contributed by atoms with Gasteiger partial charge in [-0.3, -0.25) is 10.1 Å². The van der Waals surface area contributed by atoms with E-state index in [0.29, 0.717) is 5.88 Å². The number of hydrogen-bond donors (Lipinski definition) is 1. The molecule has 1 N–H and O–H groups in total. The molecule has 5 heteroatoms. The zero-order valence-corrected chi connectivity index (χ0v) is 16.2. The van der Waals surface area contributed by atoms with E-state index >= 15 is 0 Å². The highest BCUT2D eigenvalue weighted by molar-refractivity contribution is 7.10. The molecule has 0 bridgehead atoms. The van der Waals surface area contributed by atoms with Crippen molar-refractivity contribution in [1.82, 2.24) is 5.16 Å². The van der Waals surface area contributed by atoms with Crippen LogP contribution in [0.3, 0.4) is 0 Å². The lowest BCUT2D eigenvalue weighted by Gasteiger charge is -2.12. The van der Waals surface area contributed by atoms with Gasteiger partial charge in [0, 0.05) is 21.7 Å². The van der Waals surface area contributed by atoms with Gasteiger partial charge >= 0.3 is 0 Å². The standard InChI is InChI=1S/C19H28N2O2S/c1-6-8-9-10-13-14(12-24-15(13)7-2)18(22)20-17-11-16(21-23-17)19(3,4)5/h11-12H,6-10H2,1-5H3,(H,20,22). The van der Waals surface area contributed by atoms with Crippen molar-refractivity contribution in [2.75, 3.05) is 5.32 Å². The van der Waals surface area contributed by atoms with E-state index in [2.05, 4.69) is 45.1 Å². The fourth-order valence-corrected chi connectivity index (χ4v) is 3.63. The van der Waals surface area contributed by atoms with Gasteiger partial charge in [-0.05, 0) is 24.8 Å². The Kier molecular flexibility index (Phi) is 6.21. The maximum Gasteiger partial charge on any atom is 0.259 e. The molecular weight excluding hydrogens is 320 g/mol. The molecule has 0 spiro atoms. The van der Waals surface area contributed by atoms with Gasteiger partial charge in [0.25, 0.3) is 5.91 Å². The second-order valence-electron chi connectivity index (χ2n) is 7.14. The Bertz CT molecular complexity index is 680. The van der Waals surface area contributed by atoms with E-state index in [0.717, 1.165) is 30.5 Å². The molecule has 0 aliphatic heterocycles. The van der Waals surface area contributed by atoms with Crippen molar-refractivity contribution in [3.63, 3.8) is 0 Å². The van der Waals surface area contributed by atoms with Crippen LogP contribution in [0.4, 0.5) is 5.88 Å². The lowest BCUT2D eigenvalue weighted by atomic mass is 9.92. The van der Waals surface area contributed by atoms with Gasteiger partial charge in [-0.15, -0.1) is 11.3 Å². The molecule has 0 unspecified atom stereocenters. The van der Waals surface area contributed by atoms with Gasteiger partial charge in [-0.1, -0.05) is 52.6 Å². The van der Waals surface area contributed by atoms with E-state index in [1.807, 2.05) is 11.4 Å². The third kappa shape index (κ3) is 4.47. The minimum absolute atomic E-state index is 0.102. The van der Waals surface area contributed by atoms with Crippen molar-refractivity contribution < 1.29 is 9.32 Å². The zero-order chi connectivity index (χ0) is 17.7. The smallest absolute Gasteiger partial charge is 0.259 e. The number of hydrogen-bond acceptors (Lipinski definition) is 4. The van der Waals surface area contributed by atoms with Gasteiger partial charge in [0.1, 0.15) is 0 Å². The highest BCUT2D eigenvalue weighted by Gasteiger charge is 2.21. The summed E-state index contributed by atoms with van der Waals surface area (Å²) in [6, 6.07) is 1.81. The zero-order valence-electron chi connectivity index (χ0n) is 15.4. The Morgan fingerprint density at radius 2 is 2.04 bits per heavy atom. The molecule has 2 rings (SSSR count). The summed E-state index contributed by atoms with van der Waals surface area (Å²) >= 11 is 1.68. The molecule has 2 aromatic rings.